The Balaban J connectivity index is 1.47. The van der Waals surface area contributed by atoms with Gasteiger partial charge in [0.2, 0.25) is 0 Å². The molecule has 4 heteroatoms. The summed E-state index contributed by atoms with van der Waals surface area (Å²) in [6.45, 7) is 7.90. The number of benzene rings is 3. The lowest BCUT2D eigenvalue weighted by atomic mass is 9.97. The molecule has 0 saturated carbocycles. The molecular formula is C27H33NO3. The van der Waals surface area contributed by atoms with Crippen molar-refractivity contribution in [2.24, 2.45) is 0 Å². The minimum absolute atomic E-state index is 0.252. The lowest BCUT2D eigenvalue weighted by molar-refractivity contribution is 0.0282. The van der Waals surface area contributed by atoms with Crippen molar-refractivity contribution in [3.63, 3.8) is 0 Å². The first kappa shape index (κ1) is 21.7. The molecule has 0 radical (unpaired) electrons. The maximum Gasteiger partial charge on any atom is 0.123 e. The largest absolute Gasteiger partial charge is 0.492 e. The van der Waals surface area contributed by atoms with Crippen LogP contribution in [0.2, 0.25) is 0 Å². The second-order valence-corrected chi connectivity index (χ2v) is 9.08. The van der Waals surface area contributed by atoms with E-state index in [2.05, 4.69) is 59.5 Å². The molecule has 1 N–H and O–H groups in total. The molecule has 0 unspecified atom stereocenters. The van der Waals surface area contributed by atoms with Gasteiger partial charge in [-0.05, 0) is 74.3 Å². The van der Waals surface area contributed by atoms with Gasteiger partial charge in [0.05, 0.1) is 5.60 Å². The fourth-order valence-electron chi connectivity index (χ4n) is 4.09. The van der Waals surface area contributed by atoms with Gasteiger partial charge in [-0.15, -0.1) is 0 Å². The Hall–Kier alpha value is -2.56. The summed E-state index contributed by atoms with van der Waals surface area (Å²) >= 11 is 0. The molecule has 0 amide bonds. The van der Waals surface area contributed by atoms with Gasteiger partial charge in [0, 0.05) is 18.5 Å². The fraction of sp³-hybridized carbons (Fsp3) is 0.407. The maximum absolute atomic E-state index is 10.1. The number of hydrogen-bond acceptors (Lipinski definition) is 4. The molecule has 0 spiro atoms. The average Bonchev–Trinajstić information content (AvgIpc) is 3.27. The van der Waals surface area contributed by atoms with Gasteiger partial charge in [0.15, 0.2) is 0 Å². The van der Waals surface area contributed by atoms with Crippen molar-refractivity contribution in [3.05, 3.63) is 71.8 Å². The molecule has 1 aliphatic rings. The predicted molar refractivity (Wildman–Crippen MR) is 126 cm³/mol. The molecule has 1 heterocycles. The number of hydrogen-bond donors (Lipinski definition) is 1. The molecule has 0 bridgehead atoms. The van der Waals surface area contributed by atoms with E-state index in [1.54, 1.807) is 13.8 Å². The van der Waals surface area contributed by atoms with Crippen molar-refractivity contribution in [1.82, 2.24) is 4.90 Å². The molecular weight excluding hydrogens is 386 g/mol. The van der Waals surface area contributed by atoms with Crippen LogP contribution in [0.3, 0.4) is 0 Å². The lowest BCUT2D eigenvalue weighted by Gasteiger charge is -2.20. The highest BCUT2D eigenvalue weighted by atomic mass is 16.5. The average molecular weight is 420 g/mol. The van der Waals surface area contributed by atoms with E-state index < -0.39 is 5.60 Å². The Morgan fingerprint density at radius 3 is 2.39 bits per heavy atom. The molecule has 1 saturated heterocycles. The summed E-state index contributed by atoms with van der Waals surface area (Å²) < 4.78 is 12.0. The number of ether oxygens (including phenoxy) is 2. The topological polar surface area (TPSA) is 41.9 Å². The smallest absolute Gasteiger partial charge is 0.123 e. The van der Waals surface area contributed by atoms with Crippen LogP contribution in [0.1, 0.15) is 37.8 Å². The molecule has 4 nitrogen and oxygen atoms in total. The number of likely N-dealkylation sites (tertiary alicyclic amines) is 1. The van der Waals surface area contributed by atoms with E-state index in [1.807, 2.05) is 6.07 Å². The zero-order valence-electron chi connectivity index (χ0n) is 18.6. The molecule has 0 aromatic heterocycles. The SMILES string of the molecule is CC(C)(O)COc1ccc2ccccc2c1Cc1ccc(OCCN2CCCC2)cc1. The van der Waals surface area contributed by atoms with E-state index in [0.29, 0.717) is 0 Å². The van der Waals surface area contributed by atoms with E-state index in [4.69, 9.17) is 9.47 Å². The standard InChI is InChI=1S/C27H33NO3/c1-27(2,29)20-31-26-14-11-22-7-3-4-8-24(22)25(26)19-21-9-12-23(13-10-21)30-18-17-28-15-5-6-16-28/h3-4,7-14,29H,5-6,15-20H2,1-2H3. The van der Waals surface area contributed by atoms with Crippen molar-refractivity contribution >= 4 is 10.8 Å². The van der Waals surface area contributed by atoms with Gasteiger partial charge in [-0.2, -0.15) is 0 Å². The van der Waals surface area contributed by atoms with Crippen LogP contribution < -0.4 is 9.47 Å². The van der Waals surface area contributed by atoms with Gasteiger partial charge < -0.3 is 14.6 Å². The molecule has 1 aliphatic heterocycles. The third-order valence-electron chi connectivity index (χ3n) is 5.76. The molecule has 4 rings (SSSR count). The molecule has 1 fully saturated rings. The second-order valence-electron chi connectivity index (χ2n) is 9.08. The third-order valence-corrected chi connectivity index (χ3v) is 5.76. The molecule has 0 atom stereocenters. The Kier molecular flexibility index (Phi) is 6.79. The highest BCUT2D eigenvalue weighted by Crippen LogP contribution is 2.31. The summed E-state index contributed by atoms with van der Waals surface area (Å²) in [5.41, 5.74) is 1.47. The van der Waals surface area contributed by atoms with Crippen molar-refractivity contribution in [2.75, 3.05) is 32.8 Å². The Bertz CT molecular complexity index is 986. The van der Waals surface area contributed by atoms with Crippen LogP contribution in [0.4, 0.5) is 0 Å². The third kappa shape index (κ3) is 5.99. The van der Waals surface area contributed by atoms with E-state index in [9.17, 15) is 5.11 Å². The van der Waals surface area contributed by atoms with Crippen LogP contribution in [-0.4, -0.2) is 48.5 Å². The minimum Gasteiger partial charge on any atom is -0.492 e. The number of rotatable bonds is 9. The van der Waals surface area contributed by atoms with Crippen molar-refractivity contribution in [2.45, 2.75) is 38.7 Å². The maximum atomic E-state index is 10.1. The van der Waals surface area contributed by atoms with Crippen LogP contribution in [0, 0.1) is 0 Å². The lowest BCUT2D eigenvalue weighted by Crippen LogP contribution is -2.28. The highest BCUT2D eigenvalue weighted by Gasteiger charge is 2.16. The first-order valence-corrected chi connectivity index (χ1v) is 11.3. The van der Waals surface area contributed by atoms with Crippen molar-refractivity contribution < 1.29 is 14.6 Å². The summed E-state index contributed by atoms with van der Waals surface area (Å²) in [6, 6.07) is 20.8. The number of nitrogens with zero attached hydrogens (tertiary/aromatic N) is 1. The first-order valence-electron chi connectivity index (χ1n) is 11.3. The quantitative estimate of drug-likeness (QED) is 0.527. The van der Waals surface area contributed by atoms with E-state index in [1.165, 1.54) is 42.3 Å². The Morgan fingerprint density at radius 1 is 0.903 bits per heavy atom. The van der Waals surface area contributed by atoms with Crippen LogP contribution in [0.25, 0.3) is 10.8 Å². The molecule has 31 heavy (non-hydrogen) atoms. The molecule has 164 valence electrons. The number of fused-ring (bicyclic) bond motifs is 1. The van der Waals surface area contributed by atoms with Crippen molar-refractivity contribution in [1.29, 1.82) is 0 Å². The van der Waals surface area contributed by atoms with Crippen LogP contribution >= 0.6 is 0 Å². The van der Waals surface area contributed by atoms with Crippen LogP contribution in [0.15, 0.2) is 60.7 Å². The normalized spacial score (nSPS) is 14.8. The van der Waals surface area contributed by atoms with Gasteiger partial charge in [0.1, 0.15) is 24.7 Å². The highest BCUT2D eigenvalue weighted by molar-refractivity contribution is 5.88. The zero-order chi connectivity index (χ0) is 21.7. The Labute approximate surface area is 185 Å². The second kappa shape index (κ2) is 9.71. The Morgan fingerprint density at radius 2 is 1.65 bits per heavy atom. The summed E-state index contributed by atoms with van der Waals surface area (Å²) in [6.07, 6.45) is 3.38. The van der Waals surface area contributed by atoms with Gasteiger partial charge in [-0.3, -0.25) is 4.90 Å². The van der Waals surface area contributed by atoms with E-state index >= 15 is 0 Å². The fourth-order valence-corrected chi connectivity index (χ4v) is 4.09. The predicted octanol–water partition coefficient (Wildman–Crippen LogP) is 5.05. The summed E-state index contributed by atoms with van der Waals surface area (Å²) in [5.74, 6) is 1.74. The first-order chi connectivity index (χ1) is 15.0. The summed E-state index contributed by atoms with van der Waals surface area (Å²) in [4.78, 5) is 2.46. The zero-order valence-corrected chi connectivity index (χ0v) is 18.6. The van der Waals surface area contributed by atoms with Gasteiger partial charge >= 0.3 is 0 Å². The minimum atomic E-state index is -0.878. The van der Waals surface area contributed by atoms with Gasteiger partial charge in [-0.1, -0.05) is 42.5 Å². The van der Waals surface area contributed by atoms with E-state index in [0.717, 1.165) is 36.6 Å². The van der Waals surface area contributed by atoms with Crippen LogP contribution in [0.5, 0.6) is 11.5 Å². The molecule has 0 aliphatic carbocycles. The number of aliphatic hydroxyl groups is 1. The molecule has 3 aromatic carbocycles. The van der Waals surface area contributed by atoms with Gasteiger partial charge in [-0.25, -0.2) is 0 Å². The van der Waals surface area contributed by atoms with Crippen LogP contribution in [-0.2, 0) is 6.42 Å². The summed E-state index contributed by atoms with van der Waals surface area (Å²) in [7, 11) is 0. The van der Waals surface area contributed by atoms with Gasteiger partial charge in [0.25, 0.3) is 0 Å². The monoisotopic (exact) mass is 419 g/mol. The van der Waals surface area contributed by atoms with Crippen molar-refractivity contribution in [3.8, 4) is 11.5 Å². The molecule has 3 aromatic rings. The van der Waals surface area contributed by atoms with E-state index in [-0.39, 0.29) is 6.61 Å². The summed E-state index contributed by atoms with van der Waals surface area (Å²) in [5, 5.41) is 12.5.